The Morgan fingerprint density at radius 3 is 2.33 bits per heavy atom. The molecule has 0 aromatic carbocycles. The second-order valence-corrected chi connectivity index (χ2v) is 7.16. The van der Waals surface area contributed by atoms with Gasteiger partial charge in [-0.3, -0.25) is 0 Å². The Kier molecular flexibility index (Phi) is 6.99. The van der Waals surface area contributed by atoms with E-state index in [2.05, 4.69) is 37.9 Å². The first-order chi connectivity index (χ1) is 8.55. The Hall–Kier alpha value is 0.230. The van der Waals surface area contributed by atoms with Crippen LogP contribution in [0.15, 0.2) is 0 Å². The third-order valence-corrected chi connectivity index (χ3v) is 5.40. The molecule has 0 radical (unpaired) electrons. The zero-order chi connectivity index (χ0) is 13.6. The second kappa shape index (κ2) is 7.73. The first kappa shape index (κ1) is 16.3. The minimum Gasteiger partial charge on any atom is -0.329 e. The van der Waals surface area contributed by atoms with E-state index >= 15 is 0 Å². The van der Waals surface area contributed by atoms with Gasteiger partial charge in [0.05, 0.1) is 0 Å². The Labute approximate surface area is 117 Å². The van der Waals surface area contributed by atoms with Crippen molar-refractivity contribution >= 4 is 11.8 Å². The van der Waals surface area contributed by atoms with Crippen molar-refractivity contribution in [2.75, 3.05) is 45.7 Å². The molecule has 1 unspecified atom stereocenters. The molecule has 108 valence electrons. The normalized spacial score (nSPS) is 20.2. The highest BCUT2D eigenvalue weighted by Crippen LogP contribution is 2.37. The number of hydrogen-bond acceptors (Lipinski definition) is 4. The Morgan fingerprint density at radius 1 is 1.28 bits per heavy atom. The number of nitrogens with zero attached hydrogens (tertiary/aromatic N) is 2. The molecule has 1 saturated carbocycles. The number of nitrogens with two attached hydrogens (primary N) is 1. The van der Waals surface area contributed by atoms with E-state index in [9.17, 15) is 0 Å². The van der Waals surface area contributed by atoms with Gasteiger partial charge in [0, 0.05) is 24.7 Å². The average Bonchev–Trinajstić information content (AvgIpc) is 2.28. The molecule has 1 atom stereocenters. The van der Waals surface area contributed by atoms with E-state index in [1.807, 2.05) is 11.8 Å². The highest BCUT2D eigenvalue weighted by atomic mass is 32.2. The van der Waals surface area contributed by atoms with Crippen LogP contribution in [0.25, 0.3) is 0 Å². The Balaban J connectivity index is 2.43. The lowest BCUT2D eigenvalue weighted by Crippen LogP contribution is -2.58. The summed E-state index contributed by atoms with van der Waals surface area (Å²) in [6, 6.07) is 0.543. The van der Waals surface area contributed by atoms with Crippen LogP contribution in [0.4, 0.5) is 0 Å². The van der Waals surface area contributed by atoms with Crippen LogP contribution < -0.4 is 5.73 Å². The number of rotatable bonds is 9. The molecule has 1 aliphatic rings. The third kappa shape index (κ3) is 4.12. The van der Waals surface area contributed by atoms with Crippen molar-refractivity contribution < 1.29 is 0 Å². The molecule has 0 amide bonds. The molecule has 0 saturated heterocycles. The molecular formula is C14H31N3S. The number of hydrogen-bond donors (Lipinski definition) is 1. The van der Waals surface area contributed by atoms with Crippen LogP contribution in [0.3, 0.4) is 0 Å². The largest absolute Gasteiger partial charge is 0.329 e. The SMILES string of the molecule is CCSCCC(CN)N(C)CC1(N(C)C)CCC1. The third-order valence-electron chi connectivity index (χ3n) is 4.47. The maximum absolute atomic E-state index is 5.95. The molecule has 2 N–H and O–H groups in total. The van der Waals surface area contributed by atoms with Crippen LogP contribution in [-0.2, 0) is 0 Å². The van der Waals surface area contributed by atoms with Gasteiger partial charge in [-0.15, -0.1) is 0 Å². The number of thioether (sulfide) groups is 1. The summed E-state index contributed by atoms with van der Waals surface area (Å²) in [5.41, 5.74) is 6.36. The maximum atomic E-state index is 5.95. The van der Waals surface area contributed by atoms with E-state index in [0.717, 1.165) is 6.54 Å². The summed E-state index contributed by atoms with van der Waals surface area (Å²) < 4.78 is 0. The standard InChI is InChI=1S/C14H31N3S/c1-5-18-10-7-13(11-15)17(4)12-14(16(2)3)8-6-9-14/h13H,5-12,15H2,1-4H3. The molecule has 3 nitrogen and oxygen atoms in total. The van der Waals surface area contributed by atoms with Crippen molar-refractivity contribution in [1.29, 1.82) is 0 Å². The molecule has 0 bridgehead atoms. The summed E-state index contributed by atoms with van der Waals surface area (Å²) in [6.45, 7) is 4.17. The molecule has 0 aromatic heterocycles. The van der Waals surface area contributed by atoms with E-state index in [4.69, 9.17) is 5.73 Å². The van der Waals surface area contributed by atoms with Gasteiger partial charge in [0.25, 0.3) is 0 Å². The highest BCUT2D eigenvalue weighted by Gasteiger charge is 2.40. The minimum absolute atomic E-state index is 0.417. The monoisotopic (exact) mass is 273 g/mol. The average molecular weight is 273 g/mol. The van der Waals surface area contributed by atoms with Crippen LogP contribution in [-0.4, -0.2) is 67.1 Å². The fourth-order valence-electron chi connectivity index (χ4n) is 2.81. The Morgan fingerprint density at radius 2 is 1.94 bits per heavy atom. The summed E-state index contributed by atoms with van der Waals surface area (Å²) in [4.78, 5) is 4.91. The lowest BCUT2D eigenvalue weighted by atomic mass is 9.75. The summed E-state index contributed by atoms with van der Waals surface area (Å²) in [5.74, 6) is 2.44. The van der Waals surface area contributed by atoms with Crippen molar-refractivity contribution in [3.05, 3.63) is 0 Å². The lowest BCUT2D eigenvalue weighted by Gasteiger charge is -2.50. The van der Waals surface area contributed by atoms with Gasteiger partial charge in [0.15, 0.2) is 0 Å². The first-order valence-electron chi connectivity index (χ1n) is 7.21. The molecule has 4 heteroatoms. The van der Waals surface area contributed by atoms with Crippen molar-refractivity contribution in [2.45, 2.75) is 44.2 Å². The van der Waals surface area contributed by atoms with Gasteiger partial charge in [0.1, 0.15) is 0 Å². The predicted octanol–water partition coefficient (Wildman–Crippen LogP) is 1.87. The van der Waals surface area contributed by atoms with E-state index in [-0.39, 0.29) is 0 Å². The second-order valence-electron chi connectivity index (χ2n) is 5.76. The molecule has 0 aliphatic heterocycles. The topological polar surface area (TPSA) is 32.5 Å². The van der Waals surface area contributed by atoms with Gasteiger partial charge < -0.3 is 15.5 Å². The van der Waals surface area contributed by atoms with Gasteiger partial charge in [-0.05, 0) is 58.3 Å². The van der Waals surface area contributed by atoms with Crippen molar-refractivity contribution in [1.82, 2.24) is 9.80 Å². The summed E-state index contributed by atoms with van der Waals surface area (Å²) >= 11 is 2.02. The summed E-state index contributed by atoms with van der Waals surface area (Å²) in [7, 11) is 6.69. The zero-order valence-corrected chi connectivity index (χ0v) is 13.4. The molecule has 1 fully saturated rings. The zero-order valence-electron chi connectivity index (χ0n) is 12.6. The van der Waals surface area contributed by atoms with Crippen LogP contribution in [0.5, 0.6) is 0 Å². The summed E-state index contributed by atoms with van der Waals surface area (Å²) in [5, 5.41) is 0. The first-order valence-corrected chi connectivity index (χ1v) is 8.36. The fraction of sp³-hybridized carbons (Fsp3) is 1.00. The Bertz CT molecular complexity index is 229. The van der Waals surface area contributed by atoms with Crippen molar-refractivity contribution in [3.8, 4) is 0 Å². The molecule has 1 aliphatic carbocycles. The van der Waals surface area contributed by atoms with E-state index in [0.29, 0.717) is 11.6 Å². The minimum atomic E-state index is 0.417. The quantitative estimate of drug-likeness (QED) is 0.650. The molecule has 0 spiro atoms. The van der Waals surface area contributed by atoms with E-state index in [1.165, 1.54) is 43.7 Å². The lowest BCUT2D eigenvalue weighted by molar-refractivity contribution is 0.0168. The van der Waals surface area contributed by atoms with Gasteiger partial charge in [-0.25, -0.2) is 0 Å². The molecular weight excluding hydrogens is 242 g/mol. The number of likely N-dealkylation sites (N-methyl/N-ethyl adjacent to an activating group) is 2. The smallest absolute Gasteiger partial charge is 0.0330 e. The van der Waals surface area contributed by atoms with Crippen LogP contribution in [0.2, 0.25) is 0 Å². The van der Waals surface area contributed by atoms with E-state index in [1.54, 1.807) is 0 Å². The molecule has 0 aromatic rings. The molecule has 18 heavy (non-hydrogen) atoms. The van der Waals surface area contributed by atoms with Gasteiger partial charge in [0.2, 0.25) is 0 Å². The van der Waals surface area contributed by atoms with Gasteiger partial charge in [-0.2, -0.15) is 11.8 Å². The maximum Gasteiger partial charge on any atom is 0.0330 e. The summed E-state index contributed by atoms with van der Waals surface area (Å²) in [6.07, 6.45) is 5.27. The fourth-order valence-corrected chi connectivity index (χ4v) is 3.53. The van der Waals surface area contributed by atoms with Crippen LogP contribution >= 0.6 is 11.8 Å². The van der Waals surface area contributed by atoms with E-state index < -0.39 is 0 Å². The molecule has 1 rings (SSSR count). The highest BCUT2D eigenvalue weighted by molar-refractivity contribution is 7.99. The van der Waals surface area contributed by atoms with Crippen molar-refractivity contribution in [3.63, 3.8) is 0 Å². The van der Waals surface area contributed by atoms with Crippen LogP contribution in [0, 0.1) is 0 Å². The molecule has 0 heterocycles. The predicted molar refractivity (Wildman–Crippen MR) is 83.4 cm³/mol. The van der Waals surface area contributed by atoms with Gasteiger partial charge in [-0.1, -0.05) is 6.92 Å². The van der Waals surface area contributed by atoms with Gasteiger partial charge >= 0.3 is 0 Å². The van der Waals surface area contributed by atoms with Crippen LogP contribution in [0.1, 0.15) is 32.6 Å². The van der Waals surface area contributed by atoms with Crippen molar-refractivity contribution in [2.24, 2.45) is 5.73 Å².